The van der Waals surface area contributed by atoms with E-state index in [-0.39, 0.29) is 17.9 Å². The van der Waals surface area contributed by atoms with E-state index in [4.69, 9.17) is 40.9 Å². The van der Waals surface area contributed by atoms with Crippen LogP contribution in [0.2, 0.25) is 5.02 Å². The second-order valence-electron chi connectivity index (χ2n) is 11.5. The Morgan fingerprint density at radius 2 is 1.98 bits per heavy atom. The Hall–Kier alpha value is -3.73. The Labute approximate surface area is 254 Å². The quantitative estimate of drug-likeness (QED) is 0.204. The highest BCUT2D eigenvalue weighted by Crippen LogP contribution is 2.49. The molecule has 5 heterocycles. The van der Waals surface area contributed by atoms with Crippen molar-refractivity contribution in [2.45, 2.75) is 57.1 Å². The third-order valence-electron chi connectivity index (χ3n) is 8.75. The van der Waals surface area contributed by atoms with E-state index in [9.17, 15) is 4.39 Å². The largest absolute Gasteiger partial charge is 0.480 e. The lowest BCUT2D eigenvalue weighted by Crippen LogP contribution is -2.35. The number of nitrogens with one attached hydrogen (secondary N) is 1. The zero-order valence-electron chi connectivity index (χ0n) is 24.1. The van der Waals surface area contributed by atoms with Crippen molar-refractivity contribution in [2.24, 2.45) is 0 Å². The van der Waals surface area contributed by atoms with Gasteiger partial charge in [-0.05, 0) is 68.6 Å². The van der Waals surface area contributed by atoms with Crippen molar-refractivity contribution in [2.75, 3.05) is 26.8 Å². The van der Waals surface area contributed by atoms with Gasteiger partial charge in [-0.3, -0.25) is 10.3 Å². The average Bonchev–Trinajstić information content (AvgIpc) is 3.50. The van der Waals surface area contributed by atoms with Crippen molar-refractivity contribution in [1.82, 2.24) is 19.4 Å². The standard InChI is InChI=1S/C32H33ClFN5O4/c1-32(23-7-6-20(33)14-24(23)34)42-28-5-3-4-22(30(28)43-32)19-8-11-38(12-9-19)18-29-37-25-15-26(31(35)40-2)36-16-27(25)39(29)17-21-10-13-41-21/h3-7,14-16,19,21,35H,8-13,17-18H2,1-2H3/t21-,32-/m0/s1. The third-order valence-corrected chi connectivity index (χ3v) is 8.99. The van der Waals surface area contributed by atoms with Crippen molar-refractivity contribution in [3.8, 4) is 11.5 Å². The van der Waals surface area contributed by atoms with Gasteiger partial charge in [-0.25, -0.2) is 14.4 Å². The molecule has 2 saturated heterocycles. The summed E-state index contributed by atoms with van der Waals surface area (Å²) in [6.45, 7) is 5.73. The number of hydrogen-bond acceptors (Lipinski definition) is 8. The molecular weight excluding hydrogens is 573 g/mol. The van der Waals surface area contributed by atoms with Crippen LogP contribution in [0.25, 0.3) is 11.0 Å². The molecule has 2 fully saturated rings. The summed E-state index contributed by atoms with van der Waals surface area (Å²) >= 11 is 5.98. The second kappa shape index (κ2) is 11.1. The number of nitrogens with zero attached hydrogens (tertiary/aromatic N) is 4. The molecule has 1 N–H and O–H groups in total. The summed E-state index contributed by atoms with van der Waals surface area (Å²) in [5.41, 5.74) is 3.59. The molecule has 3 aliphatic rings. The Morgan fingerprint density at radius 1 is 1.16 bits per heavy atom. The minimum atomic E-state index is -1.27. The fourth-order valence-corrected chi connectivity index (χ4v) is 6.46. The van der Waals surface area contributed by atoms with Crippen LogP contribution in [-0.2, 0) is 28.4 Å². The summed E-state index contributed by atoms with van der Waals surface area (Å²) in [5, 5.41) is 8.33. The van der Waals surface area contributed by atoms with Gasteiger partial charge in [-0.1, -0.05) is 23.7 Å². The lowest BCUT2D eigenvalue weighted by atomic mass is 9.88. The van der Waals surface area contributed by atoms with Crippen LogP contribution in [0.1, 0.15) is 54.7 Å². The minimum absolute atomic E-state index is 0.0165. The molecule has 0 radical (unpaired) electrons. The number of pyridine rings is 1. The molecule has 0 bridgehead atoms. The number of methoxy groups -OCH3 is 1. The zero-order chi connectivity index (χ0) is 29.7. The van der Waals surface area contributed by atoms with Crippen LogP contribution in [0.4, 0.5) is 4.39 Å². The van der Waals surface area contributed by atoms with Crippen molar-refractivity contribution < 1.29 is 23.3 Å². The summed E-state index contributed by atoms with van der Waals surface area (Å²) in [7, 11) is 1.47. The number of piperidine rings is 1. The molecule has 9 nitrogen and oxygen atoms in total. The predicted molar refractivity (Wildman–Crippen MR) is 159 cm³/mol. The number of likely N-dealkylation sites (tertiary alicyclic amines) is 1. The van der Waals surface area contributed by atoms with Gasteiger partial charge in [0.05, 0.1) is 49.1 Å². The highest BCUT2D eigenvalue weighted by molar-refractivity contribution is 6.30. The average molecular weight is 606 g/mol. The fourth-order valence-electron chi connectivity index (χ4n) is 6.30. The molecule has 224 valence electrons. The number of hydrogen-bond donors (Lipinski definition) is 1. The molecule has 7 rings (SSSR count). The molecular formula is C32H33ClFN5O4. The van der Waals surface area contributed by atoms with E-state index in [2.05, 4.69) is 20.5 Å². The minimum Gasteiger partial charge on any atom is -0.480 e. The molecule has 3 aliphatic heterocycles. The van der Waals surface area contributed by atoms with Gasteiger partial charge in [0.15, 0.2) is 11.5 Å². The maximum atomic E-state index is 14.8. The Kier molecular flexibility index (Phi) is 7.23. The first-order chi connectivity index (χ1) is 20.8. The van der Waals surface area contributed by atoms with E-state index in [0.717, 1.165) is 67.9 Å². The first kappa shape index (κ1) is 28.1. The SMILES string of the molecule is COC(=N)c1cc2nc(CN3CCC(c4cccc5c4O[C@@](C)(c4ccc(Cl)cc4F)O5)CC3)n(C[C@@H]3CCO3)c2cn1. The van der Waals surface area contributed by atoms with E-state index in [0.29, 0.717) is 34.3 Å². The summed E-state index contributed by atoms with van der Waals surface area (Å²) < 4.78 is 40.4. The highest BCUT2D eigenvalue weighted by Gasteiger charge is 2.43. The Morgan fingerprint density at radius 3 is 2.70 bits per heavy atom. The monoisotopic (exact) mass is 605 g/mol. The van der Waals surface area contributed by atoms with Crippen LogP contribution in [0.3, 0.4) is 0 Å². The van der Waals surface area contributed by atoms with E-state index in [1.165, 1.54) is 13.2 Å². The van der Waals surface area contributed by atoms with E-state index < -0.39 is 11.6 Å². The van der Waals surface area contributed by atoms with Crippen LogP contribution in [0.15, 0.2) is 48.7 Å². The molecule has 0 aliphatic carbocycles. The van der Waals surface area contributed by atoms with E-state index >= 15 is 0 Å². The Balaban J connectivity index is 1.08. The van der Waals surface area contributed by atoms with Crippen molar-refractivity contribution >= 4 is 28.5 Å². The molecule has 43 heavy (non-hydrogen) atoms. The van der Waals surface area contributed by atoms with Gasteiger partial charge in [0, 0.05) is 24.1 Å². The fraction of sp³-hybridized carbons (Fsp3) is 0.406. The maximum Gasteiger partial charge on any atom is 0.278 e. The normalized spacial score (nSPS) is 22.1. The molecule has 11 heteroatoms. The summed E-state index contributed by atoms with van der Waals surface area (Å²) in [6, 6.07) is 12.3. The first-order valence-corrected chi connectivity index (χ1v) is 15.0. The molecule has 0 spiro atoms. The number of rotatable bonds is 7. The number of para-hydroxylation sites is 1. The topological polar surface area (TPSA) is 94.7 Å². The van der Waals surface area contributed by atoms with Gasteiger partial charge in [-0.2, -0.15) is 0 Å². The lowest BCUT2D eigenvalue weighted by molar-refractivity contribution is -0.0712. The highest BCUT2D eigenvalue weighted by atomic mass is 35.5. The molecule has 0 unspecified atom stereocenters. The van der Waals surface area contributed by atoms with Crippen LogP contribution < -0.4 is 9.47 Å². The zero-order valence-corrected chi connectivity index (χ0v) is 24.9. The first-order valence-electron chi connectivity index (χ1n) is 14.6. The van der Waals surface area contributed by atoms with Crippen LogP contribution >= 0.6 is 11.6 Å². The summed E-state index contributed by atoms with van der Waals surface area (Å²) in [5.74, 6) is 0.835. The molecule has 2 aromatic heterocycles. The molecule has 2 atom stereocenters. The van der Waals surface area contributed by atoms with E-state index in [1.54, 1.807) is 25.3 Å². The molecule has 0 saturated carbocycles. The summed E-state index contributed by atoms with van der Waals surface area (Å²) in [4.78, 5) is 11.8. The number of halogens is 2. The molecule has 4 aromatic rings. The van der Waals surface area contributed by atoms with Gasteiger partial charge in [0.2, 0.25) is 5.90 Å². The van der Waals surface area contributed by atoms with Gasteiger partial charge in [-0.15, -0.1) is 0 Å². The van der Waals surface area contributed by atoms with Crippen LogP contribution in [0.5, 0.6) is 11.5 Å². The third kappa shape index (κ3) is 5.21. The van der Waals surface area contributed by atoms with Gasteiger partial charge >= 0.3 is 0 Å². The second-order valence-corrected chi connectivity index (χ2v) is 11.9. The van der Waals surface area contributed by atoms with Gasteiger partial charge in [0.25, 0.3) is 5.79 Å². The van der Waals surface area contributed by atoms with Gasteiger partial charge in [0.1, 0.15) is 17.3 Å². The van der Waals surface area contributed by atoms with Crippen molar-refractivity contribution in [3.05, 3.63) is 82.1 Å². The summed E-state index contributed by atoms with van der Waals surface area (Å²) in [6.07, 6.45) is 4.86. The number of imidazole rings is 1. The lowest BCUT2D eigenvalue weighted by Gasteiger charge is -2.33. The number of fused-ring (bicyclic) bond motifs is 2. The predicted octanol–water partition coefficient (Wildman–Crippen LogP) is 6.01. The van der Waals surface area contributed by atoms with Gasteiger partial charge < -0.3 is 23.5 Å². The maximum absolute atomic E-state index is 14.8. The smallest absolute Gasteiger partial charge is 0.278 e. The van der Waals surface area contributed by atoms with Crippen molar-refractivity contribution in [1.29, 1.82) is 5.41 Å². The number of ether oxygens (including phenoxy) is 4. The number of aromatic nitrogens is 3. The number of benzene rings is 2. The Bertz CT molecular complexity index is 1700. The van der Waals surface area contributed by atoms with Crippen LogP contribution in [-0.4, -0.2) is 58.2 Å². The van der Waals surface area contributed by atoms with Crippen molar-refractivity contribution in [3.63, 3.8) is 0 Å². The van der Waals surface area contributed by atoms with E-state index in [1.807, 2.05) is 18.2 Å². The van der Waals surface area contributed by atoms with Crippen LogP contribution in [0, 0.1) is 11.2 Å². The molecule has 2 aromatic carbocycles. The molecule has 0 amide bonds.